The van der Waals surface area contributed by atoms with E-state index in [1.54, 1.807) is 0 Å². The topological polar surface area (TPSA) is 15.3 Å². The fourth-order valence-corrected chi connectivity index (χ4v) is 4.21. The lowest BCUT2D eigenvalue weighted by Gasteiger charge is -2.53. The van der Waals surface area contributed by atoms with E-state index in [1.165, 1.54) is 58.0 Å². The molecule has 0 aromatic rings. The Labute approximate surface area is 120 Å². The van der Waals surface area contributed by atoms with Crippen LogP contribution in [0.5, 0.6) is 0 Å². The Balaban J connectivity index is 2.07. The van der Waals surface area contributed by atoms with Crippen LogP contribution in [0.25, 0.3) is 0 Å². The monoisotopic (exact) mass is 266 g/mol. The predicted molar refractivity (Wildman–Crippen MR) is 83.5 cm³/mol. The second-order valence-electron chi connectivity index (χ2n) is 7.34. The molecular weight excluding hydrogens is 232 g/mol. The molecule has 2 aliphatic rings. The third kappa shape index (κ3) is 3.52. The Kier molecular flexibility index (Phi) is 5.30. The molecule has 19 heavy (non-hydrogen) atoms. The molecule has 0 aromatic carbocycles. The van der Waals surface area contributed by atoms with Gasteiger partial charge in [0.25, 0.3) is 0 Å². The Hall–Kier alpha value is -0.0800. The van der Waals surface area contributed by atoms with Crippen molar-refractivity contribution in [3.8, 4) is 0 Å². The van der Waals surface area contributed by atoms with Gasteiger partial charge in [-0.3, -0.25) is 4.90 Å². The number of hydrogen-bond donors (Lipinski definition) is 1. The highest BCUT2D eigenvalue weighted by atomic mass is 15.3. The maximum Gasteiger partial charge on any atom is 0.0309 e. The largest absolute Gasteiger partial charge is 0.308 e. The van der Waals surface area contributed by atoms with Gasteiger partial charge in [-0.15, -0.1) is 0 Å². The summed E-state index contributed by atoms with van der Waals surface area (Å²) in [6, 6.07) is 1.48. The first-order valence-electron chi connectivity index (χ1n) is 8.59. The van der Waals surface area contributed by atoms with Gasteiger partial charge in [-0.05, 0) is 32.1 Å². The van der Waals surface area contributed by atoms with Crippen LogP contribution in [0.1, 0.15) is 72.6 Å². The van der Waals surface area contributed by atoms with E-state index in [9.17, 15) is 0 Å². The second-order valence-corrected chi connectivity index (χ2v) is 7.34. The van der Waals surface area contributed by atoms with Crippen LogP contribution in [0.15, 0.2) is 0 Å². The van der Waals surface area contributed by atoms with Crippen molar-refractivity contribution in [3.05, 3.63) is 0 Å². The first-order chi connectivity index (χ1) is 9.08. The van der Waals surface area contributed by atoms with Gasteiger partial charge >= 0.3 is 0 Å². The van der Waals surface area contributed by atoms with Crippen LogP contribution >= 0.6 is 0 Å². The van der Waals surface area contributed by atoms with Gasteiger partial charge in [-0.25, -0.2) is 0 Å². The molecule has 1 heterocycles. The van der Waals surface area contributed by atoms with Crippen molar-refractivity contribution in [2.75, 3.05) is 13.1 Å². The average Bonchev–Trinajstić information content (AvgIpc) is 2.39. The number of piperazine rings is 1. The summed E-state index contributed by atoms with van der Waals surface area (Å²) in [7, 11) is 0. The standard InChI is InChI=1S/C17H34N2/c1-5-9-15(4)19-13-17(10-7-6-8-11-17)18-12-16(19)14(2)3/h14-16,18H,5-13H2,1-4H3. The molecule has 2 rings (SSSR count). The molecule has 0 bridgehead atoms. The fourth-order valence-electron chi connectivity index (χ4n) is 4.21. The van der Waals surface area contributed by atoms with Gasteiger partial charge in [0.05, 0.1) is 0 Å². The molecule has 1 saturated heterocycles. The van der Waals surface area contributed by atoms with Gasteiger partial charge in [-0.2, -0.15) is 0 Å². The zero-order valence-corrected chi connectivity index (χ0v) is 13.5. The summed E-state index contributed by atoms with van der Waals surface area (Å²) in [5.41, 5.74) is 0.450. The lowest BCUT2D eigenvalue weighted by molar-refractivity contribution is 0.00849. The van der Waals surface area contributed by atoms with Crippen LogP contribution in [0.2, 0.25) is 0 Å². The van der Waals surface area contributed by atoms with Crippen molar-refractivity contribution in [1.29, 1.82) is 0 Å². The lowest BCUT2D eigenvalue weighted by Crippen LogP contribution is -2.67. The molecule has 1 saturated carbocycles. The third-order valence-corrected chi connectivity index (χ3v) is 5.45. The van der Waals surface area contributed by atoms with Crippen LogP contribution in [-0.2, 0) is 0 Å². The predicted octanol–water partition coefficient (Wildman–Crippen LogP) is 3.81. The minimum Gasteiger partial charge on any atom is -0.308 e. The Bertz CT molecular complexity index is 268. The number of nitrogens with one attached hydrogen (secondary N) is 1. The third-order valence-electron chi connectivity index (χ3n) is 5.45. The first-order valence-corrected chi connectivity index (χ1v) is 8.59. The summed E-state index contributed by atoms with van der Waals surface area (Å²) in [4.78, 5) is 2.84. The Morgan fingerprint density at radius 1 is 1.16 bits per heavy atom. The van der Waals surface area contributed by atoms with Gasteiger partial charge in [0.15, 0.2) is 0 Å². The molecule has 2 fully saturated rings. The van der Waals surface area contributed by atoms with Crippen LogP contribution < -0.4 is 5.32 Å². The van der Waals surface area contributed by atoms with Gasteiger partial charge in [0.2, 0.25) is 0 Å². The molecule has 1 N–H and O–H groups in total. The number of rotatable bonds is 4. The molecule has 2 unspecified atom stereocenters. The van der Waals surface area contributed by atoms with Crippen LogP contribution in [-0.4, -0.2) is 35.6 Å². The highest BCUT2D eigenvalue weighted by Gasteiger charge is 2.41. The van der Waals surface area contributed by atoms with E-state index in [-0.39, 0.29) is 0 Å². The molecule has 1 aliphatic heterocycles. The highest BCUT2D eigenvalue weighted by Crippen LogP contribution is 2.34. The zero-order valence-electron chi connectivity index (χ0n) is 13.5. The smallest absolute Gasteiger partial charge is 0.0309 e. The van der Waals surface area contributed by atoms with Gasteiger partial charge in [0.1, 0.15) is 0 Å². The molecule has 0 aromatic heterocycles. The zero-order chi connectivity index (χ0) is 13.9. The van der Waals surface area contributed by atoms with Gasteiger partial charge < -0.3 is 5.32 Å². The molecule has 0 amide bonds. The van der Waals surface area contributed by atoms with E-state index in [1.807, 2.05) is 0 Å². The SMILES string of the molecule is CCCC(C)N1CC2(CCCCC2)NCC1C(C)C. The minimum absolute atomic E-state index is 0.450. The second kappa shape index (κ2) is 6.58. The summed E-state index contributed by atoms with van der Waals surface area (Å²) in [6.07, 6.45) is 9.74. The summed E-state index contributed by atoms with van der Waals surface area (Å²) in [5.74, 6) is 0.757. The molecule has 1 aliphatic carbocycles. The number of hydrogen-bond acceptors (Lipinski definition) is 2. The number of nitrogens with zero attached hydrogens (tertiary/aromatic N) is 1. The van der Waals surface area contributed by atoms with Crippen molar-refractivity contribution in [1.82, 2.24) is 10.2 Å². The summed E-state index contributed by atoms with van der Waals surface area (Å²) < 4.78 is 0. The average molecular weight is 266 g/mol. The molecule has 1 spiro atoms. The van der Waals surface area contributed by atoms with Crippen molar-refractivity contribution in [2.45, 2.75) is 90.3 Å². The van der Waals surface area contributed by atoms with E-state index < -0.39 is 0 Å². The maximum absolute atomic E-state index is 3.95. The Morgan fingerprint density at radius 3 is 2.42 bits per heavy atom. The van der Waals surface area contributed by atoms with E-state index in [4.69, 9.17) is 0 Å². The molecule has 2 atom stereocenters. The normalized spacial score (nSPS) is 29.8. The minimum atomic E-state index is 0.450. The van der Waals surface area contributed by atoms with E-state index in [0.717, 1.165) is 18.0 Å². The van der Waals surface area contributed by atoms with Crippen LogP contribution in [0.4, 0.5) is 0 Å². The van der Waals surface area contributed by atoms with Crippen molar-refractivity contribution in [2.24, 2.45) is 5.92 Å². The fraction of sp³-hybridized carbons (Fsp3) is 1.00. The molecule has 2 heteroatoms. The summed E-state index contributed by atoms with van der Waals surface area (Å²) >= 11 is 0. The van der Waals surface area contributed by atoms with E-state index in [0.29, 0.717) is 5.54 Å². The quantitative estimate of drug-likeness (QED) is 0.832. The molecule has 0 radical (unpaired) electrons. The Morgan fingerprint density at radius 2 is 1.84 bits per heavy atom. The van der Waals surface area contributed by atoms with Crippen molar-refractivity contribution in [3.63, 3.8) is 0 Å². The highest BCUT2D eigenvalue weighted by molar-refractivity contribution is 5.01. The lowest BCUT2D eigenvalue weighted by atomic mass is 9.78. The van der Waals surface area contributed by atoms with E-state index >= 15 is 0 Å². The van der Waals surface area contributed by atoms with Crippen molar-refractivity contribution >= 4 is 0 Å². The van der Waals surface area contributed by atoms with Crippen LogP contribution in [0, 0.1) is 5.92 Å². The molecular formula is C17H34N2. The van der Waals surface area contributed by atoms with Gasteiger partial charge in [0, 0.05) is 30.7 Å². The molecule has 2 nitrogen and oxygen atoms in total. The summed E-state index contributed by atoms with van der Waals surface area (Å²) in [6.45, 7) is 12.0. The molecule has 112 valence electrons. The van der Waals surface area contributed by atoms with Crippen LogP contribution in [0.3, 0.4) is 0 Å². The first kappa shape index (κ1) is 15.3. The van der Waals surface area contributed by atoms with Gasteiger partial charge in [-0.1, -0.05) is 46.5 Å². The maximum atomic E-state index is 3.95. The summed E-state index contributed by atoms with van der Waals surface area (Å²) in [5, 5.41) is 3.95. The van der Waals surface area contributed by atoms with E-state index in [2.05, 4.69) is 37.9 Å². The van der Waals surface area contributed by atoms with Crippen molar-refractivity contribution < 1.29 is 0 Å².